The summed E-state index contributed by atoms with van der Waals surface area (Å²) in [6.07, 6.45) is 12.9. The molecule has 17 heavy (non-hydrogen) atoms. The average molecular weight is 239 g/mol. The molecule has 0 bridgehead atoms. The highest BCUT2D eigenvalue weighted by molar-refractivity contribution is 4.98. The average Bonchev–Trinajstić information content (AvgIpc) is 2.40. The lowest BCUT2D eigenvalue weighted by Crippen LogP contribution is -2.54. The van der Waals surface area contributed by atoms with Gasteiger partial charge in [-0.15, -0.1) is 0 Å². The van der Waals surface area contributed by atoms with Crippen LogP contribution in [0.25, 0.3) is 0 Å². The van der Waals surface area contributed by atoms with E-state index in [0.717, 1.165) is 12.5 Å². The quantitative estimate of drug-likeness (QED) is 0.810. The molecular formula is C15H29NO. The fourth-order valence-electron chi connectivity index (χ4n) is 4.13. The molecule has 2 aliphatic carbocycles. The van der Waals surface area contributed by atoms with E-state index in [-0.39, 0.29) is 0 Å². The van der Waals surface area contributed by atoms with Gasteiger partial charge < -0.3 is 10.1 Å². The van der Waals surface area contributed by atoms with Crippen LogP contribution >= 0.6 is 0 Å². The van der Waals surface area contributed by atoms with E-state index in [1.807, 2.05) is 7.11 Å². The third-order valence-electron chi connectivity index (χ3n) is 5.02. The highest BCUT2D eigenvalue weighted by Gasteiger charge is 2.41. The second-order valence-corrected chi connectivity index (χ2v) is 5.97. The van der Waals surface area contributed by atoms with Gasteiger partial charge in [0.05, 0.1) is 6.10 Å². The van der Waals surface area contributed by atoms with Crippen LogP contribution in [-0.2, 0) is 4.74 Å². The first-order chi connectivity index (χ1) is 8.30. The van der Waals surface area contributed by atoms with Crippen LogP contribution in [-0.4, -0.2) is 25.3 Å². The molecule has 0 aromatic carbocycles. The zero-order valence-corrected chi connectivity index (χ0v) is 11.6. The maximum Gasteiger partial charge on any atom is 0.0574 e. The standard InChI is InChI=1S/C15H29NO/c1-3-16-15(10-5-4-6-11-15)13-8-7-9-14(12-13)17-2/h13-14,16H,3-12H2,1-2H3/t13?,14-/m0/s1. The first kappa shape index (κ1) is 13.4. The Morgan fingerprint density at radius 2 is 1.88 bits per heavy atom. The van der Waals surface area contributed by atoms with Crippen molar-refractivity contribution in [3.63, 3.8) is 0 Å². The highest BCUT2D eigenvalue weighted by Crippen LogP contribution is 2.42. The van der Waals surface area contributed by atoms with Crippen LogP contribution in [0.2, 0.25) is 0 Å². The maximum atomic E-state index is 5.61. The first-order valence-electron chi connectivity index (χ1n) is 7.58. The van der Waals surface area contributed by atoms with Gasteiger partial charge >= 0.3 is 0 Å². The molecule has 0 amide bonds. The molecule has 2 rings (SSSR count). The van der Waals surface area contributed by atoms with E-state index in [9.17, 15) is 0 Å². The molecule has 0 spiro atoms. The zero-order chi connectivity index (χ0) is 12.1. The molecule has 0 radical (unpaired) electrons. The normalized spacial score (nSPS) is 33.5. The Hall–Kier alpha value is -0.0800. The molecule has 1 N–H and O–H groups in total. The molecule has 2 atom stereocenters. The van der Waals surface area contributed by atoms with Gasteiger partial charge in [0.15, 0.2) is 0 Å². The number of nitrogens with one attached hydrogen (secondary N) is 1. The summed E-state index contributed by atoms with van der Waals surface area (Å²) in [5.41, 5.74) is 0.449. The van der Waals surface area contributed by atoms with Crippen molar-refractivity contribution in [2.75, 3.05) is 13.7 Å². The van der Waals surface area contributed by atoms with Crippen molar-refractivity contribution in [2.24, 2.45) is 5.92 Å². The van der Waals surface area contributed by atoms with E-state index in [1.54, 1.807) is 0 Å². The molecule has 1 unspecified atom stereocenters. The second kappa shape index (κ2) is 6.19. The fraction of sp³-hybridized carbons (Fsp3) is 1.00. The van der Waals surface area contributed by atoms with Crippen LogP contribution in [0.1, 0.15) is 64.7 Å². The highest BCUT2D eigenvalue weighted by atomic mass is 16.5. The molecular weight excluding hydrogens is 210 g/mol. The lowest BCUT2D eigenvalue weighted by atomic mass is 9.67. The van der Waals surface area contributed by atoms with Crippen molar-refractivity contribution < 1.29 is 4.74 Å². The molecule has 0 heterocycles. The third kappa shape index (κ3) is 3.03. The maximum absolute atomic E-state index is 5.61. The number of methoxy groups -OCH3 is 1. The molecule has 2 nitrogen and oxygen atoms in total. The van der Waals surface area contributed by atoms with Crippen LogP contribution in [0.15, 0.2) is 0 Å². The van der Waals surface area contributed by atoms with Gasteiger partial charge in [0.2, 0.25) is 0 Å². The second-order valence-electron chi connectivity index (χ2n) is 5.97. The smallest absolute Gasteiger partial charge is 0.0574 e. The summed E-state index contributed by atoms with van der Waals surface area (Å²) in [6, 6.07) is 0. The largest absolute Gasteiger partial charge is 0.381 e. The molecule has 0 aromatic heterocycles. The van der Waals surface area contributed by atoms with Crippen molar-refractivity contribution in [2.45, 2.75) is 76.4 Å². The van der Waals surface area contributed by atoms with E-state index in [0.29, 0.717) is 11.6 Å². The summed E-state index contributed by atoms with van der Waals surface area (Å²) in [7, 11) is 1.88. The molecule has 0 saturated heterocycles. The van der Waals surface area contributed by atoms with Crippen molar-refractivity contribution in [3.05, 3.63) is 0 Å². The molecule has 2 heteroatoms. The predicted molar refractivity (Wildman–Crippen MR) is 72.2 cm³/mol. The van der Waals surface area contributed by atoms with Crippen molar-refractivity contribution in [3.8, 4) is 0 Å². The minimum absolute atomic E-state index is 0.449. The Balaban J connectivity index is 2.03. The van der Waals surface area contributed by atoms with Crippen LogP contribution < -0.4 is 5.32 Å². The first-order valence-corrected chi connectivity index (χ1v) is 7.58. The van der Waals surface area contributed by atoms with Crippen LogP contribution in [0, 0.1) is 5.92 Å². The lowest BCUT2D eigenvalue weighted by molar-refractivity contribution is 0.0131. The monoisotopic (exact) mass is 239 g/mol. The molecule has 100 valence electrons. The molecule has 2 fully saturated rings. The Labute approximate surface area is 107 Å². The molecule has 0 aliphatic heterocycles. The van der Waals surface area contributed by atoms with E-state index in [1.165, 1.54) is 57.8 Å². The number of hydrogen-bond acceptors (Lipinski definition) is 2. The molecule has 0 aromatic rings. The summed E-state index contributed by atoms with van der Waals surface area (Å²) in [6.45, 7) is 3.38. The third-order valence-corrected chi connectivity index (χ3v) is 5.02. The van der Waals surface area contributed by atoms with Gasteiger partial charge in [-0.05, 0) is 44.6 Å². The number of hydrogen-bond donors (Lipinski definition) is 1. The van der Waals surface area contributed by atoms with Gasteiger partial charge in [-0.3, -0.25) is 0 Å². The topological polar surface area (TPSA) is 21.3 Å². The van der Waals surface area contributed by atoms with E-state index in [4.69, 9.17) is 4.74 Å². The van der Waals surface area contributed by atoms with Crippen LogP contribution in [0.5, 0.6) is 0 Å². The van der Waals surface area contributed by atoms with Gasteiger partial charge in [-0.2, -0.15) is 0 Å². The van der Waals surface area contributed by atoms with E-state index in [2.05, 4.69) is 12.2 Å². The summed E-state index contributed by atoms with van der Waals surface area (Å²) in [4.78, 5) is 0. The molecule has 2 saturated carbocycles. The Morgan fingerprint density at radius 3 is 2.53 bits per heavy atom. The van der Waals surface area contributed by atoms with Gasteiger partial charge in [0.25, 0.3) is 0 Å². The molecule has 2 aliphatic rings. The van der Waals surface area contributed by atoms with Crippen molar-refractivity contribution >= 4 is 0 Å². The Kier molecular flexibility index (Phi) is 4.87. The van der Waals surface area contributed by atoms with Gasteiger partial charge in [-0.25, -0.2) is 0 Å². The minimum Gasteiger partial charge on any atom is -0.381 e. The van der Waals surface area contributed by atoms with Crippen LogP contribution in [0.3, 0.4) is 0 Å². The minimum atomic E-state index is 0.449. The zero-order valence-electron chi connectivity index (χ0n) is 11.6. The predicted octanol–water partition coefficient (Wildman–Crippen LogP) is 3.50. The SMILES string of the molecule is CCNC1(C2CCC[C@H](OC)C2)CCCCC1. The van der Waals surface area contributed by atoms with Crippen molar-refractivity contribution in [1.29, 1.82) is 0 Å². The lowest BCUT2D eigenvalue weighted by Gasteiger charge is -2.47. The van der Waals surface area contributed by atoms with E-state index < -0.39 is 0 Å². The summed E-state index contributed by atoms with van der Waals surface area (Å²) in [5, 5.41) is 3.86. The summed E-state index contributed by atoms with van der Waals surface area (Å²) >= 11 is 0. The van der Waals surface area contributed by atoms with Gasteiger partial charge in [0, 0.05) is 12.6 Å². The van der Waals surface area contributed by atoms with E-state index >= 15 is 0 Å². The van der Waals surface area contributed by atoms with Crippen LogP contribution in [0.4, 0.5) is 0 Å². The Bertz CT molecular complexity index is 217. The number of rotatable bonds is 4. The van der Waals surface area contributed by atoms with Gasteiger partial charge in [0.1, 0.15) is 0 Å². The summed E-state index contributed by atoms with van der Waals surface area (Å²) < 4.78 is 5.61. The van der Waals surface area contributed by atoms with Crippen molar-refractivity contribution in [1.82, 2.24) is 5.32 Å². The summed E-state index contributed by atoms with van der Waals surface area (Å²) in [5.74, 6) is 0.849. The fourth-order valence-corrected chi connectivity index (χ4v) is 4.13. The van der Waals surface area contributed by atoms with Gasteiger partial charge in [-0.1, -0.05) is 32.6 Å². The number of ether oxygens (including phenoxy) is 1. The Morgan fingerprint density at radius 1 is 1.12 bits per heavy atom.